The van der Waals surface area contributed by atoms with Crippen LogP contribution in [0.5, 0.6) is 0 Å². The third-order valence-electron chi connectivity index (χ3n) is 4.48. The second-order valence-electron chi connectivity index (χ2n) is 6.15. The van der Waals surface area contributed by atoms with Crippen LogP contribution in [0.4, 0.5) is 0 Å². The molecule has 1 aromatic carbocycles. The van der Waals surface area contributed by atoms with E-state index in [2.05, 4.69) is 44.3 Å². The van der Waals surface area contributed by atoms with Gasteiger partial charge in [0.25, 0.3) is 0 Å². The van der Waals surface area contributed by atoms with Crippen molar-refractivity contribution in [1.29, 1.82) is 0 Å². The van der Waals surface area contributed by atoms with Crippen LogP contribution >= 0.6 is 0 Å². The first-order valence-electron chi connectivity index (χ1n) is 8.06. The van der Waals surface area contributed by atoms with Gasteiger partial charge in [-0.15, -0.1) is 0 Å². The second-order valence-corrected chi connectivity index (χ2v) is 6.15. The molecule has 3 heteroatoms. The Labute approximate surface area is 129 Å². The molecule has 1 N–H and O–H groups in total. The zero-order valence-corrected chi connectivity index (χ0v) is 13.9. The van der Waals surface area contributed by atoms with Gasteiger partial charge in [-0.3, -0.25) is 0 Å². The lowest BCUT2D eigenvalue weighted by Crippen LogP contribution is -2.55. The average molecular weight is 291 g/mol. The second kappa shape index (κ2) is 7.39. The van der Waals surface area contributed by atoms with Crippen molar-refractivity contribution in [2.45, 2.75) is 51.7 Å². The van der Waals surface area contributed by atoms with E-state index in [-0.39, 0.29) is 5.60 Å². The molecular formula is C18H29NO2. The maximum atomic E-state index is 6.21. The minimum atomic E-state index is -0.0978. The molecule has 1 aliphatic heterocycles. The highest BCUT2D eigenvalue weighted by molar-refractivity contribution is 5.29. The van der Waals surface area contributed by atoms with Crippen molar-refractivity contribution in [1.82, 2.24) is 5.32 Å². The quantitative estimate of drug-likeness (QED) is 0.874. The van der Waals surface area contributed by atoms with Gasteiger partial charge < -0.3 is 14.8 Å². The Morgan fingerprint density at radius 2 is 1.81 bits per heavy atom. The van der Waals surface area contributed by atoms with Crippen molar-refractivity contribution in [3.63, 3.8) is 0 Å². The Morgan fingerprint density at radius 1 is 1.19 bits per heavy atom. The minimum Gasteiger partial charge on any atom is -0.381 e. The minimum absolute atomic E-state index is 0.0978. The largest absolute Gasteiger partial charge is 0.381 e. The molecular weight excluding hydrogens is 262 g/mol. The molecule has 3 nitrogen and oxygen atoms in total. The van der Waals surface area contributed by atoms with Crippen LogP contribution in [0.3, 0.4) is 0 Å². The molecule has 1 atom stereocenters. The fourth-order valence-electron chi connectivity index (χ4n) is 3.57. The third kappa shape index (κ3) is 4.06. The molecule has 1 fully saturated rings. The molecule has 1 heterocycles. The van der Waals surface area contributed by atoms with Crippen LogP contribution in [0.1, 0.15) is 36.5 Å². The van der Waals surface area contributed by atoms with E-state index in [0.29, 0.717) is 6.04 Å². The van der Waals surface area contributed by atoms with Crippen LogP contribution in [-0.2, 0) is 15.9 Å². The molecule has 0 radical (unpaired) electrons. The smallest absolute Gasteiger partial charge is 0.0881 e. The fourth-order valence-corrected chi connectivity index (χ4v) is 3.57. The van der Waals surface area contributed by atoms with E-state index in [1.54, 1.807) is 0 Å². The molecule has 0 amide bonds. The summed E-state index contributed by atoms with van der Waals surface area (Å²) in [4.78, 5) is 0. The summed E-state index contributed by atoms with van der Waals surface area (Å²) in [5.41, 5.74) is 3.95. The van der Waals surface area contributed by atoms with E-state index in [4.69, 9.17) is 9.47 Å². The van der Waals surface area contributed by atoms with Crippen molar-refractivity contribution in [2.75, 3.05) is 26.9 Å². The van der Waals surface area contributed by atoms with E-state index < -0.39 is 0 Å². The summed E-state index contributed by atoms with van der Waals surface area (Å²) in [6, 6.07) is 7.12. The number of hydrogen-bond donors (Lipinski definition) is 1. The van der Waals surface area contributed by atoms with Gasteiger partial charge in [0.2, 0.25) is 0 Å². The zero-order valence-electron chi connectivity index (χ0n) is 13.9. The van der Waals surface area contributed by atoms with Crippen LogP contribution in [0.15, 0.2) is 18.2 Å². The summed E-state index contributed by atoms with van der Waals surface area (Å²) in [7, 11) is 2.05. The summed E-state index contributed by atoms with van der Waals surface area (Å²) < 4.78 is 11.8. The fraction of sp³-hybridized carbons (Fsp3) is 0.667. The molecule has 1 aromatic rings. The molecule has 21 heavy (non-hydrogen) atoms. The molecule has 1 aliphatic rings. The maximum absolute atomic E-state index is 6.21. The average Bonchev–Trinajstić information content (AvgIpc) is 2.45. The number of benzene rings is 1. The van der Waals surface area contributed by atoms with Gasteiger partial charge in [-0.2, -0.15) is 0 Å². The molecule has 0 aromatic heterocycles. The summed E-state index contributed by atoms with van der Waals surface area (Å²) in [5.74, 6) is 0. The number of nitrogens with one attached hydrogen (secondary N) is 1. The lowest BCUT2D eigenvalue weighted by Gasteiger charge is -2.43. The normalized spacial score (nSPS) is 19.4. The standard InChI is InChI=1S/C18H29NO2/c1-5-21-18(6-8-20-9-7-18)17(19-4)13-16-11-14(2)10-15(3)12-16/h10-12,17,19H,5-9,13H2,1-4H3. The summed E-state index contributed by atoms with van der Waals surface area (Å²) in [5, 5.41) is 3.50. The molecule has 1 unspecified atom stereocenters. The van der Waals surface area contributed by atoms with Crippen LogP contribution < -0.4 is 5.32 Å². The number of ether oxygens (including phenoxy) is 2. The molecule has 0 spiro atoms. The zero-order chi connectivity index (χ0) is 15.3. The Hall–Kier alpha value is -0.900. The van der Waals surface area contributed by atoms with Gasteiger partial charge in [0.05, 0.1) is 5.60 Å². The molecule has 118 valence electrons. The predicted octanol–water partition coefficient (Wildman–Crippen LogP) is 3.02. The highest BCUT2D eigenvalue weighted by Crippen LogP contribution is 2.31. The molecule has 0 bridgehead atoms. The monoisotopic (exact) mass is 291 g/mol. The highest BCUT2D eigenvalue weighted by Gasteiger charge is 2.40. The van der Waals surface area contributed by atoms with Gasteiger partial charge in [-0.25, -0.2) is 0 Å². The van der Waals surface area contributed by atoms with Crippen molar-refractivity contribution >= 4 is 0 Å². The Bertz CT molecular complexity index is 427. The summed E-state index contributed by atoms with van der Waals surface area (Å²) in [6.45, 7) is 8.76. The Balaban J connectivity index is 2.19. The van der Waals surface area contributed by atoms with Gasteiger partial charge in [-0.05, 0) is 39.8 Å². The Kier molecular flexibility index (Phi) is 5.80. The van der Waals surface area contributed by atoms with Crippen molar-refractivity contribution in [2.24, 2.45) is 0 Å². The number of aryl methyl sites for hydroxylation is 2. The lowest BCUT2D eigenvalue weighted by atomic mass is 9.82. The summed E-state index contributed by atoms with van der Waals surface area (Å²) >= 11 is 0. The van der Waals surface area contributed by atoms with Gasteiger partial charge in [-0.1, -0.05) is 29.3 Å². The van der Waals surface area contributed by atoms with Gasteiger partial charge >= 0.3 is 0 Å². The number of likely N-dealkylation sites (N-methyl/N-ethyl adjacent to an activating group) is 1. The van der Waals surface area contributed by atoms with E-state index in [0.717, 1.165) is 39.1 Å². The van der Waals surface area contributed by atoms with Crippen molar-refractivity contribution < 1.29 is 9.47 Å². The number of hydrogen-bond acceptors (Lipinski definition) is 3. The van der Waals surface area contributed by atoms with E-state index in [9.17, 15) is 0 Å². The molecule has 2 rings (SSSR count). The van der Waals surface area contributed by atoms with Gasteiger partial charge in [0.1, 0.15) is 0 Å². The van der Waals surface area contributed by atoms with E-state index >= 15 is 0 Å². The number of rotatable bonds is 6. The first-order valence-corrected chi connectivity index (χ1v) is 8.06. The van der Waals surface area contributed by atoms with Gasteiger partial charge in [0, 0.05) is 38.7 Å². The van der Waals surface area contributed by atoms with Crippen LogP contribution in [0.25, 0.3) is 0 Å². The lowest BCUT2D eigenvalue weighted by molar-refractivity contribution is -0.125. The third-order valence-corrected chi connectivity index (χ3v) is 4.48. The molecule has 1 saturated heterocycles. The Morgan fingerprint density at radius 3 is 2.33 bits per heavy atom. The van der Waals surface area contributed by atoms with Crippen molar-refractivity contribution in [3.05, 3.63) is 34.9 Å². The van der Waals surface area contributed by atoms with Crippen LogP contribution in [0, 0.1) is 13.8 Å². The molecule has 0 saturated carbocycles. The van der Waals surface area contributed by atoms with Gasteiger partial charge in [0.15, 0.2) is 0 Å². The first kappa shape index (κ1) is 16.5. The van der Waals surface area contributed by atoms with Crippen LogP contribution in [0.2, 0.25) is 0 Å². The van der Waals surface area contributed by atoms with Crippen LogP contribution in [-0.4, -0.2) is 38.5 Å². The highest BCUT2D eigenvalue weighted by atomic mass is 16.5. The summed E-state index contributed by atoms with van der Waals surface area (Å²) in [6.07, 6.45) is 2.94. The molecule has 0 aliphatic carbocycles. The van der Waals surface area contributed by atoms with E-state index in [1.807, 2.05) is 7.05 Å². The van der Waals surface area contributed by atoms with Crippen molar-refractivity contribution in [3.8, 4) is 0 Å². The maximum Gasteiger partial charge on any atom is 0.0881 e. The topological polar surface area (TPSA) is 30.5 Å². The SMILES string of the molecule is CCOC1(C(Cc2cc(C)cc(C)c2)NC)CCOCC1. The first-order chi connectivity index (χ1) is 10.1. The van der Waals surface area contributed by atoms with E-state index in [1.165, 1.54) is 16.7 Å². The predicted molar refractivity (Wildman–Crippen MR) is 86.9 cm³/mol.